The SMILES string of the molecule is COc1cccc(CNC(=O)c2ccc(I)c(O)c2)c1. The van der Waals surface area contributed by atoms with Crippen LogP contribution in [0, 0.1) is 3.57 Å². The average molecular weight is 383 g/mol. The van der Waals surface area contributed by atoms with E-state index in [2.05, 4.69) is 5.32 Å². The molecule has 0 heterocycles. The van der Waals surface area contributed by atoms with Crippen LogP contribution in [0.25, 0.3) is 0 Å². The summed E-state index contributed by atoms with van der Waals surface area (Å²) in [5, 5.41) is 12.4. The highest BCUT2D eigenvalue weighted by Crippen LogP contribution is 2.20. The number of nitrogens with one attached hydrogen (secondary N) is 1. The summed E-state index contributed by atoms with van der Waals surface area (Å²) in [5.41, 5.74) is 1.39. The first-order valence-corrected chi connectivity index (χ1v) is 7.07. The number of methoxy groups -OCH3 is 1. The molecule has 20 heavy (non-hydrogen) atoms. The summed E-state index contributed by atoms with van der Waals surface area (Å²) in [4.78, 5) is 12.0. The molecule has 0 aliphatic heterocycles. The van der Waals surface area contributed by atoms with E-state index in [1.54, 1.807) is 19.2 Å². The monoisotopic (exact) mass is 383 g/mol. The molecule has 0 spiro atoms. The summed E-state index contributed by atoms with van der Waals surface area (Å²) in [6, 6.07) is 12.3. The summed E-state index contributed by atoms with van der Waals surface area (Å²) >= 11 is 2.01. The quantitative estimate of drug-likeness (QED) is 0.799. The number of carbonyl (C=O) groups excluding carboxylic acids is 1. The first-order valence-electron chi connectivity index (χ1n) is 6.00. The molecule has 2 N–H and O–H groups in total. The molecule has 0 aromatic heterocycles. The Labute approximate surface area is 130 Å². The Balaban J connectivity index is 2.02. The largest absolute Gasteiger partial charge is 0.507 e. The molecule has 0 aliphatic carbocycles. The van der Waals surface area contributed by atoms with Crippen molar-refractivity contribution < 1.29 is 14.6 Å². The van der Waals surface area contributed by atoms with Crippen molar-refractivity contribution in [3.63, 3.8) is 0 Å². The van der Waals surface area contributed by atoms with Gasteiger partial charge in [0.2, 0.25) is 0 Å². The standard InChI is InChI=1S/C15H14INO3/c1-20-12-4-2-3-10(7-12)9-17-15(19)11-5-6-13(16)14(18)8-11/h2-8,18H,9H2,1H3,(H,17,19). The molecule has 2 rings (SSSR count). The molecular formula is C15H14INO3. The molecule has 104 valence electrons. The van der Waals surface area contributed by atoms with Gasteiger partial charge in [0.05, 0.1) is 10.7 Å². The van der Waals surface area contributed by atoms with Crippen LogP contribution in [-0.2, 0) is 6.54 Å². The highest BCUT2D eigenvalue weighted by molar-refractivity contribution is 14.1. The number of phenolic OH excluding ortho intramolecular Hbond substituents is 1. The third kappa shape index (κ3) is 3.63. The Kier molecular flexibility index (Phi) is 4.84. The molecule has 0 atom stereocenters. The van der Waals surface area contributed by atoms with E-state index in [0.29, 0.717) is 15.7 Å². The van der Waals surface area contributed by atoms with E-state index in [9.17, 15) is 9.90 Å². The molecule has 2 aromatic carbocycles. The molecule has 0 unspecified atom stereocenters. The van der Waals surface area contributed by atoms with Crippen molar-refractivity contribution >= 4 is 28.5 Å². The zero-order chi connectivity index (χ0) is 14.5. The molecule has 4 nitrogen and oxygen atoms in total. The Bertz CT molecular complexity index is 628. The summed E-state index contributed by atoms with van der Waals surface area (Å²) in [6.45, 7) is 0.406. The lowest BCUT2D eigenvalue weighted by Gasteiger charge is -2.07. The molecule has 0 bridgehead atoms. The maximum Gasteiger partial charge on any atom is 0.251 e. The molecule has 5 heteroatoms. The molecule has 0 radical (unpaired) electrons. The van der Waals surface area contributed by atoms with E-state index >= 15 is 0 Å². The fourth-order valence-corrected chi connectivity index (χ4v) is 2.06. The molecule has 0 saturated carbocycles. The molecular weight excluding hydrogens is 369 g/mol. The smallest absolute Gasteiger partial charge is 0.251 e. The van der Waals surface area contributed by atoms with Crippen LogP contribution in [0.1, 0.15) is 15.9 Å². The second-order valence-electron chi connectivity index (χ2n) is 4.20. The van der Waals surface area contributed by atoms with E-state index < -0.39 is 0 Å². The predicted molar refractivity (Wildman–Crippen MR) is 85.0 cm³/mol. The van der Waals surface area contributed by atoms with Gasteiger partial charge in [0.1, 0.15) is 11.5 Å². The van der Waals surface area contributed by atoms with Crippen LogP contribution in [0.5, 0.6) is 11.5 Å². The lowest BCUT2D eigenvalue weighted by Crippen LogP contribution is -2.22. The number of carbonyl (C=O) groups is 1. The van der Waals surface area contributed by atoms with Crippen LogP contribution >= 0.6 is 22.6 Å². The first kappa shape index (κ1) is 14.6. The zero-order valence-corrected chi connectivity index (χ0v) is 13.0. The molecule has 1 amide bonds. The molecule has 0 fully saturated rings. The second kappa shape index (κ2) is 6.60. The van der Waals surface area contributed by atoms with Gasteiger partial charge in [-0.05, 0) is 58.5 Å². The van der Waals surface area contributed by atoms with E-state index in [-0.39, 0.29) is 11.7 Å². The van der Waals surface area contributed by atoms with Gasteiger partial charge in [-0.15, -0.1) is 0 Å². The minimum atomic E-state index is -0.223. The summed E-state index contributed by atoms with van der Waals surface area (Å²) in [7, 11) is 1.60. The third-order valence-electron chi connectivity index (χ3n) is 2.80. The van der Waals surface area contributed by atoms with Gasteiger partial charge in [0.15, 0.2) is 0 Å². The fraction of sp³-hybridized carbons (Fsp3) is 0.133. The maximum atomic E-state index is 12.0. The topological polar surface area (TPSA) is 58.6 Å². The van der Waals surface area contributed by atoms with Crippen molar-refractivity contribution in [1.82, 2.24) is 5.32 Å². The van der Waals surface area contributed by atoms with E-state index in [1.165, 1.54) is 6.07 Å². The van der Waals surface area contributed by atoms with Crippen molar-refractivity contribution in [2.24, 2.45) is 0 Å². The number of amides is 1. The van der Waals surface area contributed by atoms with Crippen LogP contribution in [-0.4, -0.2) is 18.1 Å². The maximum absolute atomic E-state index is 12.0. The van der Waals surface area contributed by atoms with Gasteiger partial charge in [0.25, 0.3) is 5.91 Å². The highest BCUT2D eigenvalue weighted by atomic mass is 127. The first-order chi connectivity index (χ1) is 9.60. The predicted octanol–water partition coefficient (Wildman–Crippen LogP) is 2.94. The van der Waals surface area contributed by atoms with E-state index in [4.69, 9.17) is 4.74 Å². The van der Waals surface area contributed by atoms with Crippen molar-refractivity contribution in [3.05, 3.63) is 57.2 Å². The molecule has 0 aliphatic rings. The number of hydrogen-bond donors (Lipinski definition) is 2. The zero-order valence-electron chi connectivity index (χ0n) is 10.9. The van der Waals surface area contributed by atoms with Gasteiger partial charge < -0.3 is 15.2 Å². The van der Waals surface area contributed by atoms with Gasteiger partial charge in [-0.3, -0.25) is 4.79 Å². The van der Waals surface area contributed by atoms with Crippen LogP contribution in [0.4, 0.5) is 0 Å². The third-order valence-corrected chi connectivity index (χ3v) is 3.71. The number of ether oxygens (including phenoxy) is 1. The minimum absolute atomic E-state index is 0.111. The molecule has 2 aromatic rings. The van der Waals surface area contributed by atoms with Gasteiger partial charge in [-0.2, -0.15) is 0 Å². The summed E-state index contributed by atoms with van der Waals surface area (Å²) < 4.78 is 5.84. The number of halogens is 1. The van der Waals surface area contributed by atoms with Gasteiger partial charge in [-0.25, -0.2) is 0 Å². The number of rotatable bonds is 4. The van der Waals surface area contributed by atoms with Crippen LogP contribution in [0.2, 0.25) is 0 Å². The second-order valence-corrected chi connectivity index (χ2v) is 5.36. The van der Waals surface area contributed by atoms with Crippen LogP contribution in [0.3, 0.4) is 0 Å². The van der Waals surface area contributed by atoms with Crippen molar-refractivity contribution in [2.45, 2.75) is 6.54 Å². The van der Waals surface area contributed by atoms with Gasteiger partial charge in [0, 0.05) is 12.1 Å². The number of aromatic hydroxyl groups is 1. The van der Waals surface area contributed by atoms with Crippen LogP contribution in [0.15, 0.2) is 42.5 Å². The fourth-order valence-electron chi connectivity index (χ4n) is 1.72. The van der Waals surface area contributed by atoms with Gasteiger partial charge >= 0.3 is 0 Å². The minimum Gasteiger partial charge on any atom is -0.507 e. The summed E-state index contributed by atoms with van der Waals surface area (Å²) in [6.07, 6.45) is 0. The lowest BCUT2D eigenvalue weighted by molar-refractivity contribution is 0.0950. The normalized spacial score (nSPS) is 10.1. The Morgan fingerprint density at radius 3 is 2.80 bits per heavy atom. The number of phenols is 1. The van der Waals surface area contributed by atoms with Crippen molar-refractivity contribution in [2.75, 3.05) is 7.11 Å². The number of hydrogen-bond acceptors (Lipinski definition) is 3. The van der Waals surface area contributed by atoms with Crippen molar-refractivity contribution in [3.8, 4) is 11.5 Å². The Morgan fingerprint density at radius 1 is 1.30 bits per heavy atom. The van der Waals surface area contributed by atoms with Crippen molar-refractivity contribution in [1.29, 1.82) is 0 Å². The van der Waals surface area contributed by atoms with Crippen LogP contribution < -0.4 is 10.1 Å². The Hall–Kier alpha value is -1.76. The van der Waals surface area contributed by atoms with E-state index in [1.807, 2.05) is 46.9 Å². The lowest BCUT2D eigenvalue weighted by atomic mass is 10.2. The average Bonchev–Trinajstić information content (AvgIpc) is 2.47. The summed E-state index contributed by atoms with van der Waals surface area (Å²) in [5.74, 6) is 0.641. The van der Waals surface area contributed by atoms with E-state index in [0.717, 1.165) is 11.3 Å². The number of benzene rings is 2. The van der Waals surface area contributed by atoms with Gasteiger partial charge in [-0.1, -0.05) is 12.1 Å². The Morgan fingerprint density at radius 2 is 2.10 bits per heavy atom. The highest BCUT2D eigenvalue weighted by Gasteiger charge is 2.08. The molecule has 0 saturated heterocycles.